The van der Waals surface area contributed by atoms with Crippen molar-refractivity contribution in [2.24, 2.45) is 28.3 Å². The van der Waals surface area contributed by atoms with E-state index in [2.05, 4.69) is 57.8 Å². The SMILES string of the molecule is CC(C)CC1NC(=O)[C@H](C)NC(=O)[C@H](NC(=O)N[C@@H](CCCN=C(N)N)C(=O)O)CCCCNC(=O)[C@H](Cc2c[nH]c3cc(Br)ccc23)NC(=O)C(CC(C)C)N(C)C1=O. The topological polar surface area (TPSA) is 295 Å². The molecule has 0 spiro atoms. The molecule has 0 bridgehead atoms. The van der Waals surface area contributed by atoms with Gasteiger partial charge in [-0.3, -0.25) is 29.0 Å². The Morgan fingerprint density at radius 1 is 0.950 bits per heavy atom. The summed E-state index contributed by atoms with van der Waals surface area (Å²) in [5.74, 6) is -4.46. The molecule has 1 aromatic heterocycles. The molecule has 7 amide bonds. The molecule has 0 radical (unpaired) electrons. The summed E-state index contributed by atoms with van der Waals surface area (Å²) in [7, 11) is 1.50. The van der Waals surface area contributed by atoms with Gasteiger partial charge < -0.3 is 58.4 Å². The highest BCUT2D eigenvalue weighted by Gasteiger charge is 2.36. The van der Waals surface area contributed by atoms with E-state index in [0.29, 0.717) is 12.8 Å². The van der Waals surface area contributed by atoms with Crippen LogP contribution in [0.15, 0.2) is 33.9 Å². The molecule has 1 aliphatic heterocycles. The first-order valence-electron chi connectivity index (χ1n) is 20.3. The molecule has 1 aromatic carbocycles. The highest BCUT2D eigenvalue weighted by molar-refractivity contribution is 9.10. The van der Waals surface area contributed by atoms with Crippen molar-refractivity contribution < 1.29 is 38.7 Å². The second kappa shape index (κ2) is 23.4. The van der Waals surface area contributed by atoms with Crippen LogP contribution in [-0.2, 0) is 35.2 Å². The van der Waals surface area contributed by atoms with E-state index >= 15 is 0 Å². The predicted octanol–water partition coefficient (Wildman–Crippen LogP) is 1.34. The third-order valence-corrected chi connectivity index (χ3v) is 10.6. The van der Waals surface area contributed by atoms with Crippen LogP contribution in [0.1, 0.15) is 85.1 Å². The first-order chi connectivity index (χ1) is 28.3. The second-order valence-corrected chi connectivity index (χ2v) is 17.0. The molecule has 19 nitrogen and oxygen atoms in total. The lowest BCUT2D eigenvalue weighted by Gasteiger charge is -2.33. The predicted molar refractivity (Wildman–Crippen MR) is 230 cm³/mol. The maximum Gasteiger partial charge on any atom is 0.326 e. The Kier molecular flexibility index (Phi) is 19.1. The molecule has 3 rings (SSSR count). The Hall–Kier alpha value is -5.40. The van der Waals surface area contributed by atoms with Crippen molar-refractivity contribution in [1.29, 1.82) is 0 Å². The van der Waals surface area contributed by atoms with Crippen molar-refractivity contribution >= 4 is 74.3 Å². The number of carboxylic acid groups (broad SMARTS) is 1. The summed E-state index contributed by atoms with van der Waals surface area (Å²) < 4.78 is 0.864. The largest absolute Gasteiger partial charge is 0.480 e. The summed E-state index contributed by atoms with van der Waals surface area (Å²) in [5.41, 5.74) is 12.3. The molecule has 2 heterocycles. The lowest BCUT2D eigenvalue weighted by Crippen LogP contribution is -2.59. The number of rotatable bonds is 13. The number of amides is 7. The number of nitrogens with one attached hydrogen (secondary N) is 7. The Morgan fingerprint density at radius 2 is 1.63 bits per heavy atom. The Morgan fingerprint density at radius 3 is 2.28 bits per heavy atom. The Balaban J connectivity index is 1.95. The zero-order valence-electron chi connectivity index (χ0n) is 35.2. The molecular formula is C40H62BrN11O8. The number of aliphatic imine (C=N–C) groups is 1. The van der Waals surface area contributed by atoms with E-state index in [4.69, 9.17) is 11.5 Å². The van der Waals surface area contributed by atoms with Gasteiger partial charge in [-0.15, -0.1) is 0 Å². The minimum atomic E-state index is -1.32. The first-order valence-corrected chi connectivity index (χ1v) is 21.1. The van der Waals surface area contributed by atoms with Gasteiger partial charge in [0.05, 0.1) is 0 Å². The number of carbonyl (C=O) groups excluding carboxylic acids is 6. The van der Waals surface area contributed by atoms with Crippen molar-refractivity contribution in [2.75, 3.05) is 20.1 Å². The lowest BCUT2D eigenvalue weighted by molar-refractivity contribution is -0.143. The van der Waals surface area contributed by atoms with E-state index in [9.17, 15) is 38.7 Å². The molecule has 0 aliphatic carbocycles. The van der Waals surface area contributed by atoms with Crippen LogP contribution < -0.4 is 43.4 Å². The molecule has 20 heteroatoms. The molecule has 332 valence electrons. The maximum absolute atomic E-state index is 14.2. The van der Waals surface area contributed by atoms with E-state index in [1.807, 2.05) is 45.9 Å². The van der Waals surface area contributed by atoms with Crippen LogP contribution >= 0.6 is 15.9 Å². The average molecular weight is 905 g/mol. The van der Waals surface area contributed by atoms with Crippen LogP contribution in [0.25, 0.3) is 10.9 Å². The van der Waals surface area contributed by atoms with Crippen LogP contribution in [0.5, 0.6) is 0 Å². The number of guanidine groups is 1. The van der Waals surface area contributed by atoms with Crippen LogP contribution in [0, 0.1) is 11.8 Å². The summed E-state index contributed by atoms with van der Waals surface area (Å²) in [6, 6.07) is -2.06. The quantitative estimate of drug-likeness (QED) is 0.0782. The molecular weight excluding hydrogens is 842 g/mol. The van der Waals surface area contributed by atoms with E-state index in [1.54, 1.807) is 6.20 Å². The third kappa shape index (κ3) is 15.3. The smallest absolute Gasteiger partial charge is 0.326 e. The summed E-state index contributed by atoms with van der Waals surface area (Å²) in [6.45, 7) is 9.31. The van der Waals surface area contributed by atoms with Gasteiger partial charge in [-0.05, 0) is 81.4 Å². The van der Waals surface area contributed by atoms with E-state index in [1.165, 1.54) is 18.9 Å². The summed E-state index contributed by atoms with van der Waals surface area (Å²) in [4.78, 5) is 103. The van der Waals surface area contributed by atoms with Gasteiger partial charge in [-0.25, -0.2) is 9.59 Å². The second-order valence-electron chi connectivity index (χ2n) is 16.1. The van der Waals surface area contributed by atoms with Crippen molar-refractivity contribution in [3.05, 3.63) is 34.4 Å². The number of aliphatic carboxylic acids is 1. The number of aromatic nitrogens is 1. The average Bonchev–Trinajstić information content (AvgIpc) is 3.56. The number of benzene rings is 1. The molecule has 1 saturated heterocycles. The number of aromatic amines is 1. The minimum absolute atomic E-state index is 0.00347. The number of carbonyl (C=O) groups is 7. The van der Waals surface area contributed by atoms with Gasteiger partial charge in [-0.2, -0.15) is 0 Å². The minimum Gasteiger partial charge on any atom is -0.480 e. The van der Waals surface area contributed by atoms with Crippen LogP contribution in [-0.4, -0.2) is 119 Å². The van der Waals surface area contributed by atoms with E-state index in [0.717, 1.165) is 20.9 Å². The van der Waals surface area contributed by atoms with Crippen LogP contribution in [0.4, 0.5) is 4.79 Å². The highest BCUT2D eigenvalue weighted by atomic mass is 79.9. The number of fused-ring (bicyclic) bond motifs is 1. The van der Waals surface area contributed by atoms with Gasteiger partial charge in [-0.1, -0.05) is 49.7 Å². The van der Waals surface area contributed by atoms with E-state index < -0.39 is 77.8 Å². The zero-order chi connectivity index (χ0) is 44.7. The maximum atomic E-state index is 14.2. The molecule has 6 atom stereocenters. The normalized spacial score (nSPS) is 22.1. The number of carboxylic acids is 1. The molecule has 2 unspecified atom stereocenters. The van der Waals surface area contributed by atoms with Gasteiger partial charge in [0.2, 0.25) is 29.5 Å². The van der Waals surface area contributed by atoms with Gasteiger partial charge in [0.25, 0.3) is 0 Å². The fourth-order valence-electron chi connectivity index (χ4n) is 6.88. The number of likely N-dealkylation sites (N-methyl/N-ethyl adjacent to an activating group) is 1. The monoisotopic (exact) mass is 903 g/mol. The molecule has 1 aliphatic rings. The van der Waals surface area contributed by atoms with Crippen LogP contribution in [0.2, 0.25) is 0 Å². The standard InChI is InChI=1S/C40H62BrN11O8/c1-21(2)16-31-37(57)52(6)32(17-22(3)4)36(56)48-30(18-24-20-46-29-19-25(41)12-13-26(24)29)34(54)44-14-8-7-10-27(35(55)47-23(5)33(53)49-31)50-40(60)51-28(38(58)59)11-9-15-45-39(42)43/h12-13,19-23,27-28,30-32,46H,7-11,14-18H2,1-6H3,(H,44,54)(H,47,55)(H,48,56)(H,49,53)(H,58,59)(H4,42,43,45)(H2,50,51,60)/t23-,27+,28-,30-,31?,32?/m0/s1. The third-order valence-electron chi connectivity index (χ3n) is 10.1. The Bertz CT molecular complexity index is 1860. The Labute approximate surface area is 358 Å². The molecule has 2 aromatic rings. The van der Waals surface area contributed by atoms with Gasteiger partial charge in [0, 0.05) is 48.1 Å². The molecule has 1 fully saturated rings. The molecule has 12 N–H and O–H groups in total. The van der Waals surface area contributed by atoms with Crippen molar-refractivity contribution in [3.8, 4) is 0 Å². The molecule has 0 saturated carbocycles. The molecule has 60 heavy (non-hydrogen) atoms. The van der Waals surface area contributed by atoms with Gasteiger partial charge in [0.15, 0.2) is 5.96 Å². The number of nitrogens with zero attached hydrogens (tertiary/aromatic N) is 2. The van der Waals surface area contributed by atoms with Crippen molar-refractivity contribution in [3.63, 3.8) is 0 Å². The van der Waals surface area contributed by atoms with Crippen molar-refractivity contribution in [2.45, 2.75) is 122 Å². The lowest BCUT2D eigenvalue weighted by atomic mass is 9.97. The fraction of sp³-hybridized carbons (Fsp3) is 0.600. The number of H-pyrrole nitrogens is 1. The van der Waals surface area contributed by atoms with Crippen LogP contribution in [0.3, 0.4) is 0 Å². The summed E-state index contributed by atoms with van der Waals surface area (Å²) >= 11 is 3.48. The highest BCUT2D eigenvalue weighted by Crippen LogP contribution is 2.24. The first kappa shape index (κ1) is 49.0. The summed E-state index contributed by atoms with van der Waals surface area (Å²) in [5, 5.41) is 26.7. The van der Waals surface area contributed by atoms with E-state index in [-0.39, 0.29) is 69.4 Å². The number of hydrogen-bond acceptors (Lipinski definition) is 8. The van der Waals surface area contributed by atoms with Gasteiger partial charge in [0.1, 0.15) is 36.3 Å². The number of nitrogens with two attached hydrogens (primary N) is 2. The fourth-order valence-corrected chi connectivity index (χ4v) is 7.24. The van der Waals surface area contributed by atoms with Gasteiger partial charge >= 0.3 is 12.0 Å². The number of halogens is 1. The van der Waals surface area contributed by atoms with Crippen molar-refractivity contribution in [1.82, 2.24) is 41.8 Å². The number of hydrogen-bond donors (Lipinski definition) is 10. The summed E-state index contributed by atoms with van der Waals surface area (Å²) in [6.07, 6.45) is 3.34. The zero-order valence-corrected chi connectivity index (χ0v) is 36.8. The number of urea groups is 1.